The molecule has 2 unspecified atom stereocenters. The summed E-state index contributed by atoms with van der Waals surface area (Å²) in [5.74, 6) is 3.09. The van der Waals surface area contributed by atoms with E-state index >= 15 is 0 Å². The van der Waals surface area contributed by atoms with E-state index in [1.54, 1.807) is 0 Å². The Morgan fingerprint density at radius 1 is 1.11 bits per heavy atom. The van der Waals surface area contributed by atoms with Crippen molar-refractivity contribution < 1.29 is 31.9 Å². The first-order valence-electron chi connectivity index (χ1n) is 12.1. The molecule has 2 heterocycles. The van der Waals surface area contributed by atoms with Crippen LogP contribution in [0.1, 0.15) is 44.6 Å². The standard InChI is InChI=1S/C17H22ClNO2S.C8H19NS2.O.Tc/c1-21-17(20)16-14(11-2-4-12(18)5-3-11)10-13-6-7-15(16)19(13)8-9-22;1-8(2)7-9(3-5-10)4-6-11;;/h2-5,13-16,22H,6-10H2,1H3;8,10-11H,3-7H2,1-2H3;;/q;;;+4/p-3/t13?,14-,15?,16+;;;/m1.../s1/i;;;1+1. The molecule has 3 rings (SSSR count). The van der Waals surface area contributed by atoms with E-state index in [1.165, 1.54) is 12.7 Å². The number of methoxy groups -OCH3 is 1. The first-order chi connectivity index (χ1) is 16.9. The average molecular weight is 645 g/mol. The summed E-state index contributed by atoms with van der Waals surface area (Å²) < 4.78 is 13.3. The van der Waals surface area contributed by atoms with Crippen molar-refractivity contribution in [1.82, 2.24) is 9.80 Å². The number of esters is 1. The molecule has 2 bridgehead atoms. The Hall–Kier alpha value is 0.399. The number of carbonyl (C=O) groups excluding carboxylic acids is 1. The molecule has 0 amide bonds. The molecule has 5 nitrogen and oxygen atoms in total. The van der Waals surface area contributed by atoms with Crippen molar-refractivity contribution in [2.24, 2.45) is 11.8 Å². The van der Waals surface area contributed by atoms with E-state index < -0.39 is 0 Å². The van der Waals surface area contributed by atoms with Gasteiger partial charge >= 0.3 is 28.3 Å². The minimum atomic E-state index is -0.105. The molecule has 2 saturated heterocycles. The summed E-state index contributed by atoms with van der Waals surface area (Å²) >= 11 is 21.9. The van der Waals surface area contributed by atoms with Crippen LogP contribution in [0.5, 0.6) is 0 Å². The minimum absolute atomic E-state index is 0.0975. The van der Waals surface area contributed by atoms with Gasteiger partial charge in [-0.1, -0.05) is 37.6 Å². The molecule has 0 aromatic heterocycles. The molecule has 1 aromatic rings. The van der Waals surface area contributed by atoms with Crippen molar-refractivity contribution in [3.63, 3.8) is 0 Å². The van der Waals surface area contributed by atoms with Crippen LogP contribution in [0, 0.1) is 11.8 Å². The van der Waals surface area contributed by atoms with Crippen LogP contribution in [-0.4, -0.2) is 78.4 Å². The monoisotopic (exact) mass is 644 g/mol. The van der Waals surface area contributed by atoms with Crippen molar-refractivity contribution in [1.29, 1.82) is 0 Å². The van der Waals surface area contributed by atoms with Gasteiger partial charge in [0, 0.05) is 29.6 Å². The number of hydrogen-bond donors (Lipinski definition) is 0. The summed E-state index contributed by atoms with van der Waals surface area (Å²) in [5, 5.41) is 0.727. The van der Waals surface area contributed by atoms with Gasteiger partial charge in [0.25, 0.3) is 0 Å². The average Bonchev–Trinajstić information content (AvgIpc) is 3.11. The number of benzene rings is 1. The fourth-order valence-corrected chi connectivity index (χ4v) is 6.20. The summed E-state index contributed by atoms with van der Waals surface area (Å²) in [5.41, 5.74) is 1.19. The maximum absolute atomic E-state index is 12.5. The van der Waals surface area contributed by atoms with E-state index in [4.69, 9.17) is 57.7 Å². The van der Waals surface area contributed by atoms with Crippen LogP contribution < -0.4 is 0 Å². The van der Waals surface area contributed by atoms with Gasteiger partial charge in [0.2, 0.25) is 0 Å². The quantitative estimate of drug-likeness (QED) is 0.281. The summed E-state index contributed by atoms with van der Waals surface area (Å²) in [6.07, 6.45) is 3.20. The maximum atomic E-state index is 12.5. The number of rotatable bonds is 10. The molecule has 35 heavy (non-hydrogen) atoms. The van der Waals surface area contributed by atoms with Gasteiger partial charge in [-0.25, -0.2) is 0 Å². The van der Waals surface area contributed by atoms with Crippen molar-refractivity contribution in [2.45, 2.75) is 51.1 Å². The van der Waals surface area contributed by atoms with E-state index in [1.807, 2.05) is 24.3 Å². The van der Waals surface area contributed by atoms with Gasteiger partial charge in [0.15, 0.2) is 0 Å². The summed E-state index contributed by atoms with van der Waals surface area (Å²) in [6, 6.07) is 8.70. The first kappa shape index (κ1) is 33.4. The molecule has 0 N–H and O–H groups in total. The zero-order valence-corrected chi connectivity index (χ0v) is 25.9. The van der Waals surface area contributed by atoms with Crippen molar-refractivity contribution in [3.8, 4) is 0 Å². The number of hydrogen-bond acceptors (Lipinski definition) is 8. The number of halogens is 1. The van der Waals surface area contributed by atoms with Gasteiger partial charge in [-0.3, -0.25) is 9.69 Å². The number of ether oxygens (including phenoxy) is 1. The van der Waals surface area contributed by atoms with E-state index in [9.17, 15) is 4.79 Å². The van der Waals surface area contributed by atoms with Crippen LogP contribution in [0.15, 0.2) is 24.3 Å². The van der Waals surface area contributed by atoms with Crippen molar-refractivity contribution >= 4 is 55.5 Å². The summed E-state index contributed by atoms with van der Waals surface area (Å²) in [4.78, 5) is 17.3. The third-order valence-corrected chi connectivity index (χ3v) is 7.42. The molecule has 0 saturated carbocycles. The summed E-state index contributed by atoms with van der Waals surface area (Å²) in [6.45, 7) is 8.51. The fourth-order valence-electron chi connectivity index (χ4n) is 5.35. The molecule has 1 aromatic carbocycles. The molecular weight excluding hydrogens is 607 g/mol. The molecule has 2 aliphatic heterocycles. The zero-order chi connectivity index (χ0) is 26.4. The second-order valence-electron chi connectivity index (χ2n) is 9.29. The predicted molar refractivity (Wildman–Crippen MR) is 146 cm³/mol. The molecule has 10 heteroatoms. The van der Waals surface area contributed by atoms with Crippen LogP contribution in [0.3, 0.4) is 0 Å². The van der Waals surface area contributed by atoms with Crippen LogP contribution in [0.4, 0.5) is 0 Å². The Morgan fingerprint density at radius 2 is 1.71 bits per heavy atom. The predicted octanol–water partition coefficient (Wildman–Crippen LogP) is 3.91. The van der Waals surface area contributed by atoms with E-state index in [-0.39, 0.29) is 23.8 Å². The van der Waals surface area contributed by atoms with Gasteiger partial charge in [-0.2, -0.15) is 17.3 Å². The van der Waals surface area contributed by atoms with Crippen LogP contribution in [-0.2, 0) is 69.8 Å². The first-order valence-corrected chi connectivity index (χ1v) is 14.9. The van der Waals surface area contributed by atoms with Crippen LogP contribution in [0.2, 0.25) is 5.02 Å². The summed E-state index contributed by atoms with van der Waals surface area (Å²) in [7, 11) is 1.49. The van der Waals surface area contributed by atoms with E-state index in [0.717, 1.165) is 86.7 Å². The molecule has 0 aliphatic carbocycles. The number of carbonyl (C=O) groups is 1. The third kappa shape index (κ3) is 10.6. The van der Waals surface area contributed by atoms with Crippen molar-refractivity contribution in [3.05, 3.63) is 34.9 Å². The SMILES string of the molecule is CC(C)CN(CC[S-])CC[S-].COC(=O)[C@@H]1C2CCC(C[C@@H]1c1ccc(Cl)cc1)N2CC[S-].[O]=[99Tc+4]. The Balaban J connectivity index is 0.000000401. The zero-order valence-electron chi connectivity index (χ0n) is 20.9. The van der Waals surface area contributed by atoms with Gasteiger partial charge in [-0.15, -0.1) is 0 Å². The van der Waals surface area contributed by atoms with Gasteiger partial charge in [0.1, 0.15) is 0 Å². The normalized spacial score (nSPS) is 23.4. The van der Waals surface area contributed by atoms with E-state index in [2.05, 4.69) is 23.6 Å². The molecule has 0 spiro atoms. The number of nitrogens with zero attached hydrogens (tertiary/aromatic N) is 2. The molecular formula is C25H38ClN2O3S3Tc+. The number of piperidine rings is 1. The number of fused-ring (bicyclic) bond motifs is 2. The Morgan fingerprint density at radius 3 is 2.20 bits per heavy atom. The van der Waals surface area contributed by atoms with Crippen molar-refractivity contribution in [2.75, 3.05) is 50.5 Å². The van der Waals surface area contributed by atoms with Crippen LogP contribution in [0.25, 0.3) is 0 Å². The third-order valence-electron chi connectivity index (χ3n) is 6.62. The molecule has 4 atom stereocenters. The van der Waals surface area contributed by atoms with E-state index in [0.29, 0.717) is 11.8 Å². The second kappa shape index (κ2) is 18.6. The fraction of sp³-hybridized carbons (Fsp3) is 0.720. The second-order valence-corrected chi connectivity index (χ2v) is 10.9. The Bertz CT molecular complexity index is 726. The molecule has 0 radical (unpaired) electrons. The molecule has 197 valence electrons. The molecule has 2 aliphatic rings. The van der Waals surface area contributed by atoms with Gasteiger partial charge in [-0.05, 0) is 62.5 Å². The Kier molecular flexibility index (Phi) is 17.8. The Labute approximate surface area is 244 Å². The van der Waals surface area contributed by atoms with Crippen LogP contribution >= 0.6 is 11.6 Å². The van der Waals surface area contributed by atoms with Gasteiger partial charge < -0.3 is 47.5 Å². The topological polar surface area (TPSA) is 49.9 Å². The van der Waals surface area contributed by atoms with Gasteiger partial charge in [0.05, 0.1) is 13.0 Å². The molecule has 2 fully saturated rings.